The summed E-state index contributed by atoms with van der Waals surface area (Å²) in [5.74, 6) is 1.68. The Labute approximate surface area is 189 Å². The summed E-state index contributed by atoms with van der Waals surface area (Å²) in [5, 5.41) is 12.7. The van der Waals surface area contributed by atoms with E-state index < -0.39 is 0 Å². The quantitative estimate of drug-likeness (QED) is 0.571. The number of ether oxygens (including phenoxy) is 4. The van der Waals surface area contributed by atoms with Gasteiger partial charge in [0.05, 0.1) is 40.0 Å². The Kier molecular flexibility index (Phi) is 7.64. The molecular weight excluding hydrogens is 410 g/mol. The second kappa shape index (κ2) is 10.4. The van der Waals surface area contributed by atoms with Crippen molar-refractivity contribution in [1.29, 1.82) is 0 Å². The van der Waals surface area contributed by atoms with E-state index in [0.717, 1.165) is 25.9 Å². The monoisotopic (exact) mass is 441 g/mol. The highest BCUT2D eigenvalue weighted by Gasteiger charge is 2.31. The van der Waals surface area contributed by atoms with Crippen molar-refractivity contribution in [3.63, 3.8) is 0 Å². The predicted molar refractivity (Wildman–Crippen MR) is 120 cm³/mol. The van der Waals surface area contributed by atoms with E-state index in [4.69, 9.17) is 18.9 Å². The Morgan fingerprint density at radius 1 is 0.969 bits per heavy atom. The van der Waals surface area contributed by atoms with Crippen LogP contribution in [0.4, 0.5) is 0 Å². The predicted octanol–water partition coefficient (Wildman–Crippen LogP) is 2.61. The number of quaternary nitrogens is 1. The molecule has 1 heterocycles. The molecule has 0 unspecified atom stereocenters. The molecule has 2 aromatic rings. The van der Waals surface area contributed by atoms with Crippen LogP contribution in [0.3, 0.4) is 0 Å². The van der Waals surface area contributed by atoms with E-state index in [1.54, 1.807) is 31.4 Å². The summed E-state index contributed by atoms with van der Waals surface area (Å²) in [5.41, 5.74) is 1.57. The Morgan fingerprint density at radius 2 is 1.59 bits per heavy atom. The Bertz CT molecular complexity index is 1010. The van der Waals surface area contributed by atoms with Gasteiger partial charge in [-0.05, 0) is 31.1 Å². The number of carbonyl (C=O) groups is 1. The van der Waals surface area contributed by atoms with Crippen LogP contribution in [0.5, 0.6) is 28.7 Å². The second-order valence-corrected chi connectivity index (χ2v) is 7.73. The lowest BCUT2D eigenvalue weighted by molar-refractivity contribution is -0.914. The maximum absolute atomic E-state index is 13.1. The molecular formula is C25H31NO6. The molecule has 0 saturated heterocycles. The van der Waals surface area contributed by atoms with Gasteiger partial charge in [-0.2, -0.15) is 0 Å². The second-order valence-electron chi connectivity index (χ2n) is 7.73. The molecule has 172 valence electrons. The molecule has 0 saturated carbocycles. The number of hydrogen-bond acceptors (Lipinski definition) is 6. The first-order chi connectivity index (χ1) is 15.5. The Hall–Kier alpha value is -3.19. The number of hydrogen-bond donors (Lipinski definition) is 1. The normalized spacial score (nSPS) is 13.9. The third kappa shape index (κ3) is 4.67. The number of nitrogens with one attached hydrogen (secondary N) is 1. The van der Waals surface area contributed by atoms with Gasteiger partial charge in [-0.1, -0.05) is 25.7 Å². The molecule has 0 amide bonds. The van der Waals surface area contributed by atoms with Gasteiger partial charge in [-0.15, -0.1) is 0 Å². The molecule has 3 rings (SSSR count). The first kappa shape index (κ1) is 23.5. The fourth-order valence-electron chi connectivity index (χ4n) is 4.02. The van der Waals surface area contributed by atoms with Crippen molar-refractivity contribution in [3.8, 4) is 28.7 Å². The number of Topliss-reactive ketones (excluding diaryl/α,β-unsaturated/α-hetero) is 1. The van der Waals surface area contributed by atoms with Gasteiger partial charge in [0.15, 0.2) is 17.3 Å². The van der Waals surface area contributed by atoms with Crippen LogP contribution in [-0.2, 0) is 6.54 Å². The van der Waals surface area contributed by atoms with Crippen LogP contribution < -0.4 is 29.0 Å². The van der Waals surface area contributed by atoms with Crippen LogP contribution in [-0.4, -0.2) is 40.2 Å². The van der Waals surface area contributed by atoms with Gasteiger partial charge in [0, 0.05) is 17.2 Å². The standard InChI is InChI=1S/C25H31NO6/c1-6-10-26(11-7-2)15-18-19(27)9-8-17-24(28)23(32-25(17)18)13-16-12-21(30-4)22(31-5)14-20(16)29-3/h8-9,12-14,27H,6-7,10-11,15H2,1-5H3. The summed E-state index contributed by atoms with van der Waals surface area (Å²) in [6.07, 6.45) is 3.64. The average Bonchev–Trinajstić information content (AvgIpc) is 3.11. The SMILES string of the molecule is CCC[NH+](CCC)Cc1c([O-])ccc2c1OC(=Cc1cc(OC)c(OC)cc1OC)C2=O. The summed E-state index contributed by atoms with van der Waals surface area (Å²) in [6, 6.07) is 6.43. The van der Waals surface area contributed by atoms with Crippen LogP contribution in [0.25, 0.3) is 6.08 Å². The van der Waals surface area contributed by atoms with Crippen molar-refractivity contribution in [2.45, 2.75) is 33.2 Å². The van der Waals surface area contributed by atoms with Gasteiger partial charge in [-0.3, -0.25) is 4.79 Å². The molecule has 1 aliphatic rings. The first-order valence-corrected chi connectivity index (χ1v) is 10.9. The van der Waals surface area contributed by atoms with E-state index in [2.05, 4.69) is 13.8 Å². The third-order valence-electron chi connectivity index (χ3n) is 5.55. The van der Waals surface area contributed by atoms with Crippen LogP contribution in [0, 0.1) is 0 Å². The number of rotatable bonds is 10. The van der Waals surface area contributed by atoms with Crippen molar-refractivity contribution in [2.24, 2.45) is 0 Å². The molecule has 0 bridgehead atoms. The molecule has 2 aromatic carbocycles. The van der Waals surface area contributed by atoms with E-state index in [1.807, 2.05) is 0 Å². The zero-order chi connectivity index (χ0) is 23.3. The lowest BCUT2D eigenvalue weighted by Crippen LogP contribution is -3.10. The minimum absolute atomic E-state index is 0.105. The van der Waals surface area contributed by atoms with Crippen molar-refractivity contribution in [1.82, 2.24) is 0 Å². The molecule has 7 nitrogen and oxygen atoms in total. The van der Waals surface area contributed by atoms with E-state index in [9.17, 15) is 9.90 Å². The molecule has 0 aromatic heterocycles. The maximum atomic E-state index is 13.1. The topological polar surface area (TPSA) is 81.5 Å². The van der Waals surface area contributed by atoms with E-state index >= 15 is 0 Å². The summed E-state index contributed by atoms with van der Waals surface area (Å²) >= 11 is 0. The van der Waals surface area contributed by atoms with Gasteiger partial charge >= 0.3 is 0 Å². The van der Waals surface area contributed by atoms with Crippen molar-refractivity contribution in [2.75, 3.05) is 34.4 Å². The molecule has 0 atom stereocenters. The summed E-state index contributed by atoms with van der Waals surface area (Å²) in [6.45, 7) is 6.69. The highest BCUT2D eigenvalue weighted by Crippen LogP contribution is 2.40. The number of carbonyl (C=O) groups excluding carboxylic acids is 1. The van der Waals surface area contributed by atoms with Gasteiger partial charge in [-0.25, -0.2) is 0 Å². The molecule has 1 aliphatic heterocycles. The van der Waals surface area contributed by atoms with Crippen LogP contribution >= 0.6 is 0 Å². The molecule has 0 fully saturated rings. The van der Waals surface area contributed by atoms with Gasteiger partial charge in [0.25, 0.3) is 0 Å². The fraction of sp³-hybridized carbons (Fsp3) is 0.400. The molecule has 7 heteroatoms. The van der Waals surface area contributed by atoms with Crippen LogP contribution in [0.2, 0.25) is 0 Å². The zero-order valence-electron chi connectivity index (χ0n) is 19.4. The molecule has 0 radical (unpaired) electrons. The van der Waals surface area contributed by atoms with E-state index in [1.165, 1.54) is 25.2 Å². The summed E-state index contributed by atoms with van der Waals surface area (Å²) in [7, 11) is 4.62. The Balaban J connectivity index is 2.00. The van der Waals surface area contributed by atoms with Crippen LogP contribution in [0.15, 0.2) is 30.0 Å². The molecule has 32 heavy (non-hydrogen) atoms. The average molecular weight is 442 g/mol. The van der Waals surface area contributed by atoms with Gasteiger partial charge in [0.2, 0.25) is 5.78 Å². The largest absolute Gasteiger partial charge is 0.872 e. The lowest BCUT2D eigenvalue weighted by Gasteiger charge is -2.23. The Morgan fingerprint density at radius 3 is 2.19 bits per heavy atom. The first-order valence-electron chi connectivity index (χ1n) is 10.9. The van der Waals surface area contributed by atoms with E-state index in [-0.39, 0.29) is 17.3 Å². The molecule has 0 spiro atoms. The number of fused-ring (bicyclic) bond motifs is 1. The third-order valence-corrected chi connectivity index (χ3v) is 5.55. The van der Waals surface area contributed by atoms with Gasteiger partial charge in [0.1, 0.15) is 18.0 Å². The van der Waals surface area contributed by atoms with Gasteiger partial charge < -0.3 is 29.0 Å². The minimum Gasteiger partial charge on any atom is -0.872 e. The highest BCUT2D eigenvalue weighted by molar-refractivity contribution is 6.15. The minimum atomic E-state index is -0.259. The molecule has 0 aliphatic carbocycles. The number of allylic oxidation sites excluding steroid dienone is 1. The van der Waals surface area contributed by atoms with Crippen molar-refractivity contribution >= 4 is 11.9 Å². The zero-order valence-corrected chi connectivity index (χ0v) is 19.4. The van der Waals surface area contributed by atoms with Crippen LogP contribution in [0.1, 0.15) is 48.2 Å². The maximum Gasteiger partial charge on any atom is 0.231 e. The molecule has 1 N–H and O–H groups in total. The summed E-state index contributed by atoms with van der Waals surface area (Å²) in [4.78, 5) is 14.4. The number of benzene rings is 2. The fourth-order valence-corrected chi connectivity index (χ4v) is 4.02. The highest BCUT2D eigenvalue weighted by atomic mass is 16.5. The summed E-state index contributed by atoms with van der Waals surface area (Å²) < 4.78 is 22.1. The lowest BCUT2D eigenvalue weighted by atomic mass is 10.0. The van der Waals surface area contributed by atoms with E-state index in [0.29, 0.717) is 46.2 Å². The van der Waals surface area contributed by atoms with Crippen molar-refractivity contribution < 1.29 is 33.7 Å². The van der Waals surface area contributed by atoms with Crippen molar-refractivity contribution in [3.05, 3.63) is 46.7 Å². The number of ketones is 1. The number of methoxy groups -OCH3 is 3. The smallest absolute Gasteiger partial charge is 0.231 e.